The molecule has 2 N–H and O–H groups in total. The monoisotopic (exact) mass is 334 g/mol. The summed E-state index contributed by atoms with van der Waals surface area (Å²) in [4.78, 5) is 11.8. The predicted molar refractivity (Wildman–Crippen MR) is 74.3 cm³/mol. The van der Waals surface area contributed by atoms with Gasteiger partial charge in [-0.3, -0.25) is 0 Å². The summed E-state index contributed by atoms with van der Waals surface area (Å²) in [5, 5.41) is 18.6. The first kappa shape index (κ1) is 15.5. The number of hydrogen-bond donors (Lipinski definition) is 2. The first-order valence-electron chi connectivity index (χ1n) is 5.46. The minimum absolute atomic E-state index is 0.222. The molecular weight excluding hydrogens is 320 g/mol. The van der Waals surface area contributed by atoms with Gasteiger partial charge in [-0.05, 0) is 41.1 Å². The number of hydrogen-bond acceptors (Lipinski definition) is 4. The fourth-order valence-electron chi connectivity index (χ4n) is 1.25. The van der Waals surface area contributed by atoms with Gasteiger partial charge in [0.05, 0.1) is 18.3 Å². The minimum Gasteiger partial charge on any atom is -0.478 e. The summed E-state index contributed by atoms with van der Waals surface area (Å²) in [6.45, 7) is 2.74. The molecule has 4 nitrogen and oxygen atoms in total. The van der Waals surface area contributed by atoms with Crippen molar-refractivity contribution in [2.75, 3.05) is 19.0 Å². The number of thioether (sulfide) groups is 1. The Kier molecular flexibility index (Phi) is 6.70. The Labute approximate surface area is 118 Å². The van der Waals surface area contributed by atoms with Crippen molar-refractivity contribution in [3.8, 4) is 0 Å². The van der Waals surface area contributed by atoms with Crippen LogP contribution in [0.3, 0.4) is 0 Å². The Bertz CT molecular complexity index is 411. The van der Waals surface area contributed by atoms with Crippen molar-refractivity contribution in [1.29, 1.82) is 0 Å². The highest BCUT2D eigenvalue weighted by atomic mass is 79.9. The summed E-state index contributed by atoms with van der Waals surface area (Å²) in [7, 11) is 0. The van der Waals surface area contributed by atoms with Crippen molar-refractivity contribution < 1.29 is 19.7 Å². The van der Waals surface area contributed by atoms with Crippen LogP contribution in [-0.4, -0.2) is 41.3 Å². The number of carbonyl (C=O) groups is 1. The fourth-order valence-corrected chi connectivity index (χ4v) is 2.52. The molecule has 0 aliphatic carbocycles. The molecule has 1 aromatic carbocycles. The normalized spacial score (nSPS) is 12.4. The van der Waals surface area contributed by atoms with E-state index in [0.29, 0.717) is 23.4 Å². The Balaban J connectivity index is 2.57. The zero-order chi connectivity index (χ0) is 13.5. The average Bonchev–Trinajstić information content (AvgIpc) is 2.35. The molecule has 18 heavy (non-hydrogen) atoms. The smallest absolute Gasteiger partial charge is 0.336 e. The number of aromatic carboxylic acids is 1. The van der Waals surface area contributed by atoms with E-state index in [0.717, 1.165) is 4.90 Å². The molecule has 0 aliphatic rings. The van der Waals surface area contributed by atoms with Crippen LogP contribution in [0, 0.1) is 0 Å². The van der Waals surface area contributed by atoms with Gasteiger partial charge in [0.15, 0.2) is 0 Å². The minimum atomic E-state index is -0.973. The number of halogens is 1. The SMILES string of the molecule is CCOCC(O)CSc1ccc(Br)c(C(=O)O)c1. The second kappa shape index (κ2) is 7.78. The van der Waals surface area contributed by atoms with Gasteiger partial charge in [0.1, 0.15) is 0 Å². The van der Waals surface area contributed by atoms with Crippen LogP contribution in [0.2, 0.25) is 0 Å². The van der Waals surface area contributed by atoms with Crippen molar-refractivity contribution >= 4 is 33.7 Å². The maximum absolute atomic E-state index is 10.9. The molecule has 1 atom stereocenters. The molecule has 0 saturated carbocycles. The Morgan fingerprint density at radius 2 is 2.28 bits per heavy atom. The highest BCUT2D eigenvalue weighted by Gasteiger charge is 2.10. The van der Waals surface area contributed by atoms with Gasteiger partial charge in [0, 0.05) is 21.7 Å². The van der Waals surface area contributed by atoms with Crippen LogP contribution in [-0.2, 0) is 4.74 Å². The van der Waals surface area contributed by atoms with E-state index in [2.05, 4.69) is 15.9 Å². The summed E-state index contributed by atoms with van der Waals surface area (Å²) < 4.78 is 5.65. The second-order valence-corrected chi connectivity index (χ2v) is 5.52. The number of benzene rings is 1. The zero-order valence-electron chi connectivity index (χ0n) is 9.93. The molecule has 6 heteroatoms. The standard InChI is InChI=1S/C12H15BrO4S/c1-2-17-6-8(14)7-18-9-3-4-11(13)10(5-9)12(15)16/h3-5,8,14H,2,6-7H2,1H3,(H,15,16). The molecule has 0 amide bonds. The van der Waals surface area contributed by atoms with Gasteiger partial charge in [0.25, 0.3) is 0 Å². The number of rotatable bonds is 7. The lowest BCUT2D eigenvalue weighted by Crippen LogP contribution is -2.17. The topological polar surface area (TPSA) is 66.8 Å². The molecule has 0 radical (unpaired) electrons. The van der Waals surface area contributed by atoms with Crippen LogP contribution in [0.1, 0.15) is 17.3 Å². The molecule has 0 spiro atoms. The summed E-state index contributed by atoms with van der Waals surface area (Å²) in [5.41, 5.74) is 0.222. The van der Waals surface area contributed by atoms with Gasteiger partial charge in [-0.1, -0.05) is 0 Å². The first-order chi connectivity index (χ1) is 8.54. The molecule has 100 valence electrons. The summed E-state index contributed by atoms with van der Waals surface area (Å²) in [6.07, 6.45) is -0.549. The average molecular weight is 335 g/mol. The molecule has 0 fully saturated rings. The number of aliphatic hydroxyl groups excluding tert-OH is 1. The summed E-state index contributed by atoms with van der Waals surface area (Å²) in [5.74, 6) is -0.500. The van der Waals surface area contributed by atoms with Crippen molar-refractivity contribution in [2.24, 2.45) is 0 Å². The molecule has 1 unspecified atom stereocenters. The van der Waals surface area contributed by atoms with Gasteiger partial charge in [-0.2, -0.15) is 0 Å². The van der Waals surface area contributed by atoms with E-state index in [1.165, 1.54) is 11.8 Å². The molecule has 0 heterocycles. The third-order valence-corrected chi connectivity index (χ3v) is 3.96. The molecule has 0 bridgehead atoms. The highest BCUT2D eigenvalue weighted by Crippen LogP contribution is 2.25. The largest absolute Gasteiger partial charge is 0.478 e. The van der Waals surface area contributed by atoms with Gasteiger partial charge >= 0.3 is 5.97 Å². The summed E-state index contributed by atoms with van der Waals surface area (Å²) >= 11 is 4.59. The Morgan fingerprint density at radius 3 is 2.89 bits per heavy atom. The molecular formula is C12H15BrO4S. The van der Waals surface area contributed by atoms with Crippen molar-refractivity contribution in [1.82, 2.24) is 0 Å². The van der Waals surface area contributed by atoms with Crippen LogP contribution in [0.4, 0.5) is 0 Å². The predicted octanol–water partition coefficient (Wildman–Crippen LogP) is 2.64. The van der Waals surface area contributed by atoms with E-state index in [1.54, 1.807) is 12.1 Å². The number of ether oxygens (including phenoxy) is 1. The maximum Gasteiger partial charge on any atom is 0.336 e. The van der Waals surface area contributed by atoms with Crippen molar-refractivity contribution in [2.45, 2.75) is 17.9 Å². The van der Waals surface area contributed by atoms with Crippen LogP contribution >= 0.6 is 27.7 Å². The van der Waals surface area contributed by atoms with E-state index < -0.39 is 12.1 Å². The first-order valence-corrected chi connectivity index (χ1v) is 7.24. The molecule has 0 aliphatic heterocycles. The zero-order valence-corrected chi connectivity index (χ0v) is 12.3. The van der Waals surface area contributed by atoms with Crippen LogP contribution < -0.4 is 0 Å². The highest BCUT2D eigenvalue weighted by molar-refractivity contribution is 9.10. The quantitative estimate of drug-likeness (QED) is 0.750. The van der Waals surface area contributed by atoms with Crippen LogP contribution in [0.25, 0.3) is 0 Å². The third kappa shape index (κ3) is 4.97. The number of aliphatic hydroxyl groups is 1. The van der Waals surface area contributed by atoms with Crippen molar-refractivity contribution in [3.05, 3.63) is 28.2 Å². The lowest BCUT2D eigenvalue weighted by molar-refractivity contribution is 0.0551. The molecule has 1 aromatic rings. The van der Waals surface area contributed by atoms with Crippen LogP contribution in [0.5, 0.6) is 0 Å². The van der Waals surface area contributed by atoms with E-state index in [4.69, 9.17) is 9.84 Å². The Morgan fingerprint density at radius 1 is 1.56 bits per heavy atom. The van der Waals surface area contributed by atoms with Gasteiger partial charge < -0.3 is 14.9 Å². The second-order valence-electron chi connectivity index (χ2n) is 3.57. The number of carboxylic acids is 1. The lowest BCUT2D eigenvalue weighted by atomic mass is 10.2. The van der Waals surface area contributed by atoms with Crippen molar-refractivity contribution in [3.63, 3.8) is 0 Å². The third-order valence-electron chi connectivity index (χ3n) is 2.12. The number of carboxylic acid groups (broad SMARTS) is 1. The van der Waals surface area contributed by atoms with E-state index in [-0.39, 0.29) is 5.56 Å². The van der Waals surface area contributed by atoms with Gasteiger partial charge in [-0.25, -0.2) is 4.79 Å². The van der Waals surface area contributed by atoms with E-state index in [9.17, 15) is 9.90 Å². The van der Waals surface area contributed by atoms with E-state index in [1.807, 2.05) is 13.0 Å². The summed E-state index contributed by atoms with van der Waals surface area (Å²) in [6, 6.07) is 5.10. The maximum atomic E-state index is 10.9. The van der Waals surface area contributed by atoms with Crippen LogP contribution in [0.15, 0.2) is 27.6 Å². The lowest BCUT2D eigenvalue weighted by Gasteiger charge is -2.10. The fraction of sp³-hybridized carbons (Fsp3) is 0.417. The molecule has 1 rings (SSSR count). The Hall–Kier alpha value is -0.560. The van der Waals surface area contributed by atoms with Gasteiger partial charge in [0.2, 0.25) is 0 Å². The molecule has 0 aromatic heterocycles. The molecule has 0 saturated heterocycles. The van der Waals surface area contributed by atoms with E-state index >= 15 is 0 Å². The van der Waals surface area contributed by atoms with Gasteiger partial charge in [-0.15, -0.1) is 11.8 Å².